The summed E-state index contributed by atoms with van der Waals surface area (Å²) in [6, 6.07) is 13.6. The largest absolute Gasteiger partial charge is 0.439 e. The van der Waals surface area contributed by atoms with Gasteiger partial charge < -0.3 is 19.9 Å². The van der Waals surface area contributed by atoms with Crippen LogP contribution in [0.1, 0.15) is 5.56 Å². The Hall–Kier alpha value is -3.35. The van der Waals surface area contributed by atoms with Gasteiger partial charge in [-0.1, -0.05) is 12.1 Å². The maximum atomic E-state index is 13.2. The second-order valence-electron chi connectivity index (χ2n) is 5.84. The normalized spacial score (nSPS) is 11.3. The van der Waals surface area contributed by atoms with Crippen molar-refractivity contribution in [3.05, 3.63) is 78.5 Å². The van der Waals surface area contributed by atoms with Gasteiger partial charge >= 0.3 is 0 Å². The van der Waals surface area contributed by atoms with Gasteiger partial charge in [-0.15, -0.1) is 0 Å². The van der Waals surface area contributed by atoms with Crippen LogP contribution in [-0.2, 0) is 13.1 Å². The summed E-state index contributed by atoms with van der Waals surface area (Å²) in [4.78, 5) is 8.46. The Morgan fingerprint density at radius 3 is 2.70 bits per heavy atom. The summed E-state index contributed by atoms with van der Waals surface area (Å²) in [5.41, 5.74) is 0.981. The van der Waals surface area contributed by atoms with Crippen LogP contribution in [0.2, 0.25) is 0 Å². The molecule has 27 heavy (non-hydrogen) atoms. The Kier molecular flexibility index (Phi) is 6.40. The molecule has 0 atom stereocenters. The van der Waals surface area contributed by atoms with E-state index < -0.39 is 0 Å². The quantitative estimate of drug-likeness (QED) is 0.497. The van der Waals surface area contributed by atoms with Gasteiger partial charge in [0.25, 0.3) is 0 Å². The highest BCUT2D eigenvalue weighted by Crippen LogP contribution is 2.19. The number of nitrogens with one attached hydrogen (secondary N) is 2. The highest BCUT2D eigenvalue weighted by molar-refractivity contribution is 5.79. The predicted molar refractivity (Wildman–Crippen MR) is 103 cm³/mol. The molecule has 6 nitrogen and oxygen atoms in total. The minimum absolute atomic E-state index is 0.344. The second kappa shape index (κ2) is 9.38. The van der Waals surface area contributed by atoms with Gasteiger partial charge in [0.15, 0.2) is 5.96 Å². The third-order valence-corrected chi connectivity index (χ3v) is 3.83. The number of halogens is 1. The van der Waals surface area contributed by atoms with Gasteiger partial charge in [-0.2, -0.15) is 0 Å². The van der Waals surface area contributed by atoms with Gasteiger partial charge in [0.2, 0.25) is 5.88 Å². The molecular formula is C20H22FN5O. The van der Waals surface area contributed by atoms with Crippen LogP contribution in [0.25, 0.3) is 0 Å². The van der Waals surface area contributed by atoms with E-state index >= 15 is 0 Å². The molecule has 7 heteroatoms. The first-order valence-electron chi connectivity index (χ1n) is 8.66. The summed E-state index contributed by atoms with van der Waals surface area (Å²) < 4.78 is 20.8. The summed E-state index contributed by atoms with van der Waals surface area (Å²) in [6.07, 6.45) is 5.77. The minimum Gasteiger partial charge on any atom is -0.439 e. The van der Waals surface area contributed by atoms with E-state index in [1.54, 1.807) is 31.4 Å². The van der Waals surface area contributed by atoms with E-state index in [4.69, 9.17) is 4.74 Å². The standard InChI is InChI=1S/C20H22FN5O/c1-22-20(23-9-12-26-10-2-3-11-26)25-15-16-7-8-19(24-14-16)27-18-6-4-5-17(21)13-18/h2-8,10-11,13-14H,9,12,15H2,1H3,(H2,22,23,25). The average molecular weight is 367 g/mol. The van der Waals surface area contributed by atoms with E-state index in [0.29, 0.717) is 18.2 Å². The molecule has 2 N–H and O–H groups in total. The van der Waals surface area contributed by atoms with Crippen molar-refractivity contribution in [2.45, 2.75) is 13.1 Å². The van der Waals surface area contributed by atoms with E-state index in [0.717, 1.165) is 24.6 Å². The number of guanidine groups is 1. The predicted octanol–water partition coefficient (Wildman–Crippen LogP) is 3.18. The van der Waals surface area contributed by atoms with Gasteiger partial charge in [0.1, 0.15) is 11.6 Å². The number of aromatic nitrogens is 2. The zero-order chi connectivity index (χ0) is 18.9. The molecule has 140 valence electrons. The highest BCUT2D eigenvalue weighted by atomic mass is 19.1. The Bertz CT molecular complexity index is 862. The molecule has 2 aromatic heterocycles. The van der Waals surface area contributed by atoms with Crippen LogP contribution in [-0.4, -0.2) is 29.1 Å². The monoisotopic (exact) mass is 367 g/mol. The fraction of sp³-hybridized carbons (Fsp3) is 0.200. The molecule has 0 fully saturated rings. The van der Waals surface area contributed by atoms with Crippen molar-refractivity contribution in [1.29, 1.82) is 0 Å². The van der Waals surface area contributed by atoms with Crippen molar-refractivity contribution < 1.29 is 9.13 Å². The number of hydrogen-bond donors (Lipinski definition) is 2. The molecule has 3 rings (SSSR count). The van der Waals surface area contributed by atoms with E-state index in [1.165, 1.54) is 12.1 Å². The third kappa shape index (κ3) is 5.85. The van der Waals surface area contributed by atoms with E-state index in [-0.39, 0.29) is 5.82 Å². The number of rotatable bonds is 7. The van der Waals surface area contributed by atoms with E-state index in [9.17, 15) is 4.39 Å². The van der Waals surface area contributed by atoms with E-state index in [1.807, 2.05) is 30.6 Å². The minimum atomic E-state index is -0.344. The Balaban J connectivity index is 1.45. The molecule has 0 amide bonds. The summed E-state index contributed by atoms with van der Waals surface area (Å²) >= 11 is 0. The average Bonchev–Trinajstić information content (AvgIpc) is 3.19. The number of benzene rings is 1. The third-order valence-electron chi connectivity index (χ3n) is 3.83. The van der Waals surface area contributed by atoms with Crippen molar-refractivity contribution in [1.82, 2.24) is 20.2 Å². The number of ether oxygens (including phenoxy) is 1. The molecule has 0 spiro atoms. The lowest BCUT2D eigenvalue weighted by atomic mass is 10.3. The van der Waals surface area contributed by atoms with Crippen LogP contribution in [0.5, 0.6) is 11.6 Å². The Morgan fingerprint density at radius 2 is 2.00 bits per heavy atom. The molecular weight excluding hydrogens is 345 g/mol. The Morgan fingerprint density at radius 1 is 1.15 bits per heavy atom. The number of pyridine rings is 1. The maximum absolute atomic E-state index is 13.2. The van der Waals surface area contributed by atoms with E-state index in [2.05, 4.69) is 25.2 Å². The van der Waals surface area contributed by atoms with Crippen molar-refractivity contribution in [3.8, 4) is 11.6 Å². The smallest absolute Gasteiger partial charge is 0.219 e. The molecule has 0 saturated heterocycles. The number of nitrogens with zero attached hydrogens (tertiary/aromatic N) is 3. The van der Waals surface area contributed by atoms with Gasteiger partial charge in [0.05, 0.1) is 0 Å². The molecule has 0 aliphatic carbocycles. The SMILES string of the molecule is CN=C(NCCn1cccc1)NCc1ccc(Oc2cccc(F)c2)nc1. The molecule has 0 radical (unpaired) electrons. The van der Waals surface area contributed by atoms with Crippen molar-refractivity contribution in [3.63, 3.8) is 0 Å². The number of aliphatic imine (C=N–C) groups is 1. The van der Waals surface area contributed by atoms with Crippen LogP contribution in [0.4, 0.5) is 4.39 Å². The second-order valence-corrected chi connectivity index (χ2v) is 5.84. The lowest BCUT2D eigenvalue weighted by Gasteiger charge is -2.12. The van der Waals surface area contributed by atoms with Gasteiger partial charge in [0, 0.05) is 57.4 Å². The maximum Gasteiger partial charge on any atom is 0.219 e. The van der Waals surface area contributed by atoms with Gasteiger partial charge in [-0.3, -0.25) is 4.99 Å². The summed E-state index contributed by atoms with van der Waals surface area (Å²) in [5, 5.41) is 6.51. The molecule has 3 aromatic rings. The van der Waals surface area contributed by atoms with Crippen LogP contribution in [0.15, 0.2) is 72.1 Å². The van der Waals surface area contributed by atoms with Crippen LogP contribution >= 0.6 is 0 Å². The lowest BCUT2D eigenvalue weighted by Crippen LogP contribution is -2.38. The Labute approximate surface area is 157 Å². The summed E-state index contributed by atoms with van der Waals surface area (Å²) in [6.45, 7) is 2.21. The molecule has 0 aliphatic rings. The first-order valence-corrected chi connectivity index (χ1v) is 8.66. The van der Waals surface area contributed by atoms with Gasteiger partial charge in [-0.05, 0) is 29.8 Å². The van der Waals surface area contributed by atoms with Crippen molar-refractivity contribution in [2.75, 3.05) is 13.6 Å². The highest BCUT2D eigenvalue weighted by Gasteiger charge is 2.02. The summed E-state index contributed by atoms with van der Waals surface area (Å²) in [5.74, 6) is 1.21. The molecule has 0 saturated carbocycles. The number of hydrogen-bond acceptors (Lipinski definition) is 3. The molecule has 2 heterocycles. The molecule has 0 aliphatic heterocycles. The molecule has 0 unspecified atom stereocenters. The van der Waals surface area contributed by atoms with Crippen molar-refractivity contribution >= 4 is 5.96 Å². The van der Waals surface area contributed by atoms with Crippen molar-refractivity contribution in [2.24, 2.45) is 4.99 Å². The molecule has 1 aromatic carbocycles. The van der Waals surface area contributed by atoms with Crippen LogP contribution in [0, 0.1) is 5.82 Å². The zero-order valence-corrected chi connectivity index (χ0v) is 15.1. The fourth-order valence-electron chi connectivity index (χ4n) is 2.46. The fourth-order valence-corrected chi connectivity index (χ4v) is 2.46. The zero-order valence-electron chi connectivity index (χ0n) is 15.1. The first kappa shape index (κ1) is 18.4. The lowest BCUT2D eigenvalue weighted by molar-refractivity contribution is 0.457. The van der Waals surface area contributed by atoms with Crippen LogP contribution in [0.3, 0.4) is 0 Å². The van der Waals surface area contributed by atoms with Crippen LogP contribution < -0.4 is 15.4 Å². The topological polar surface area (TPSA) is 63.5 Å². The summed E-state index contributed by atoms with van der Waals surface area (Å²) in [7, 11) is 1.74. The molecule has 0 bridgehead atoms. The van der Waals surface area contributed by atoms with Gasteiger partial charge in [-0.25, -0.2) is 9.37 Å². The first-order chi connectivity index (χ1) is 13.2.